The van der Waals surface area contributed by atoms with E-state index >= 15 is 0 Å². The van der Waals surface area contributed by atoms with E-state index in [1.54, 1.807) is 18.2 Å². The van der Waals surface area contributed by atoms with Crippen molar-refractivity contribution in [3.8, 4) is 0 Å². The molecule has 0 aliphatic heterocycles. The maximum absolute atomic E-state index is 14.0. The third-order valence-electron chi connectivity index (χ3n) is 11.5. The van der Waals surface area contributed by atoms with Crippen LogP contribution in [0, 0.1) is 0 Å². The first-order chi connectivity index (χ1) is 29.6. The molecule has 10 nitrogen and oxygen atoms in total. The van der Waals surface area contributed by atoms with Gasteiger partial charge in [-0.15, -0.1) is 11.3 Å². The summed E-state index contributed by atoms with van der Waals surface area (Å²) in [5.41, 5.74) is 8.27. The number of benzene rings is 4. The van der Waals surface area contributed by atoms with E-state index in [0.717, 1.165) is 97.2 Å². The van der Waals surface area contributed by atoms with Crippen LogP contribution in [0.4, 0.5) is 10.7 Å². The predicted octanol–water partition coefficient (Wildman–Crippen LogP) is 9.61. The van der Waals surface area contributed by atoms with Crippen LogP contribution in [-0.4, -0.2) is 74.0 Å². The molecule has 61 heavy (non-hydrogen) atoms. The number of nitrogens with zero attached hydrogens (tertiary/aromatic N) is 2. The number of anilines is 2. The molecule has 1 aromatic heterocycles. The molecule has 6 rings (SSSR count). The van der Waals surface area contributed by atoms with Gasteiger partial charge < -0.3 is 25.0 Å². The molecule has 0 atom stereocenters. The van der Waals surface area contributed by atoms with Gasteiger partial charge in [-0.1, -0.05) is 62.4 Å². The largest absolute Gasteiger partial charge is 0.465 e. The number of amides is 2. The van der Waals surface area contributed by atoms with Crippen LogP contribution >= 0.6 is 11.3 Å². The third-order valence-corrected chi connectivity index (χ3v) is 12.7. The quantitative estimate of drug-likeness (QED) is 0.0790. The summed E-state index contributed by atoms with van der Waals surface area (Å²) in [7, 11) is 4.86. The number of carbonyl (C=O) groups excluding carboxylic acids is 4. The second-order valence-electron chi connectivity index (χ2n) is 15.8. The van der Waals surface area contributed by atoms with Crippen LogP contribution in [0.5, 0.6) is 0 Å². The standard InChI is InChI=1S/C50H58N4O6S/c1-6-42(7-2)54(29-28-53(3)32-36-12-11-15-40(31-36)50(58)60-5)33-37-13-10-14-39(30-37)46(55)52-48-45(43-16-8-9-17-44(43)61-48)47(56)51-41-26-22-35(23-27-41)19-18-34-20-24-38(25-21-34)49(57)59-4/h10-15,20-27,30-31,42H,6-9,16-19,28-29,32-33H2,1-5H3,(H,51,56)(H,52,55). The number of hydrogen-bond acceptors (Lipinski definition) is 9. The molecular formula is C50H58N4O6S. The number of likely N-dealkylation sites (N-methyl/N-ethyl adjacent to an activating group) is 1. The van der Waals surface area contributed by atoms with Crippen LogP contribution in [-0.2, 0) is 48.2 Å². The predicted molar refractivity (Wildman–Crippen MR) is 244 cm³/mol. The van der Waals surface area contributed by atoms with Crippen LogP contribution in [0.1, 0.15) is 114 Å². The lowest BCUT2D eigenvalue weighted by atomic mass is 9.95. The first kappa shape index (κ1) is 44.9. The normalized spacial score (nSPS) is 12.3. The summed E-state index contributed by atoms with van der Waals surface area (Å²) in [6, 6.07) is 31.1. The molecule has 0 unspecified atom stereocenters. The Morgan fingerprint density at radius 1 is 0.656 bits per heavy atom. The number of ether oxygens (including phenoxy) is 2. The number of esters is 2. The summed E-state index contributed by atoms with van der Waals surface area (Å²) in [5, 5.41) is 6.85. The lowest BCUT2D eigenvalue weighted by molar-refractivity contribution is 0.0591. The topological polar surface area (TPSA) is 117 Å². The fraction of sp³-hybridized carbons (Fsp3) is 0.360. The lowest BCUT2D eigenvalue weighted by Crippen LogP contribution is -2.39. The molecule has 1 heterocycles. The Balaban J connectivity index is 1.10. The molecule has 2 N–H and O–H groups in total. The second-order valence-corrected chi connectivity index (χ2v) is 16.9. The van der Waals surface area contributed by atoms with Crippen molar-refractivity contribution in [1.82, 2.24) is 9.80 Å². The zero-order chi connectivity index (χ0) is 43.3. The molecule has 0 bridgehead atoms. The highest BCUT2D eigenvalue weighted by molar-refractivity contribution is 7.17. The van der Waals surface area contributed by atoms with Gasteiger partial charge in [-0.2, -0.15) is 0 Å². The van der Waals surface area contributed by atoms with E-state index in [2.05, 4.69) is 47.4 Å². The highest BCUT2D eigenvalue weighted by atomic mass is 32.1. The Morgan fingerprint density at radius 2 is 1.25 bits per heavy atom. The Kier molecular flexibility index (Phi) is 16.0. The van der Waals surface area contributed by atoms with E-state index in [-0.39, 0.29) is 23.8 Å². The average Bonchev–Trinajstić information content (AvgIpc) is 3.66. The number of rotatable bonds is 19. The molecule has 320 valence electrons. The Labute approximate surface area is 364 Å². The van der Waals surface area contributed by atoms with Crippen molar-refractivity contribution in [3.63, 3.8) is 0 Å². The molecule has 0 saturated carbocycles. The van der Waals surface area contributed by atoms with Crippen molar-refractivity contribution in [1.29, 1.82) is 0 Å². The van der Waals surface area contributed by atoms with Crippen LogP contribution < -0.4 is 10.6 Å². The van der Waals surface area contributed by atoms with Crippen LogP contribution in [0.25, 0.3) is 0 Å². The van der Waals surface area contributed by atoms with Gasteiger partial charge in [-0.25, -0.2) is 9.59 Å². The van der Waals surface area contributed by atoms with Gasteiger partial charge in [0, 0.05) is 48.3 Å². The van der Waals surface area contributed by atoms with Crippen LogP contribution in [0.2, 0.25) is 0 Å². The minimum absolute atomic E-state index is 0.219. The summed E-state index contributed by atoms with van der Waals surface area (Å²) in [6.07, 6.45) is 7.41. The van der Waals surface area contributed by atoms with Crippen molar-refractivity contribution in [2.45, 2.75) is 84.3 Å². The average molecular weight is 843 g/mol. The maximum atomic E-state index is 14.0. The molecule has 4 aromatic carbocycles. The van der Waals surface area contributed by atoms with Gasteiger partial charge in [-0.05, 0) is 135 Å². The summed E-state index contributed by atoms with van der Waals surface area (Å²) >= 11 is 1.52. The van der Waals surface area contributed by atoms with Crippen molar-refractivity contribution < 1.29 is 28.7 Å². The Hall–Kier alpha value is -5.62. The highest BCUT2D eigenvalue weighted by Crippen LogP contribution is 2.39. The smallest absolute Gasteiger partial charge is 0.337 e. The summed E-state index contributed by atoms with van der Waals surface area (Å²) in [5.74, 6) is -1.14. The van der Waals surface area contributed by atoms with E-state index in [1.165, 1.54) is 25.6 Å². The van der Waals surface area contributed by atoms with Crippen LogP contribution in [0.15, 0.2) is 97.1 Å². The highest BCUT2D eigenvalue weighted by Gasteiger charge is 2.27. The number of methoxy groups -OCH3 is 2. The van der Waals surface area contributed by atoms with Crippen molar-refractivity contribution >= 4 is 45.8 Å². The van der Waals surface area contributed by atoms with Gasteiger partial charge in [0.05, 0.1) is 30.9 Å². The van der Waals surface area contributed by atoms with E-state index in [1.807, 2.05) is 72.8 Å². The summed E-state index contributed by atoms with van der Waals surface area (Å²) in [6.45, 7) is 7.50. The van der Waals surface area contributed by atoms with E-state index in [4.69, 9.17) is 9.47 Å². The van der Waals surface area contributed by atoms with Gasteiger partial charge in [0.2, 0.25) is 0 Å². The molecule has 0 radical (unpaired) electrons. The van der Waals surface area contributed by atoms with Gasteiger partial charge in [0.15, 0.2) is 0 Å². The minimum atomic E-state index is -0.349. The molecule has 2 amide bonds. The van der Waals surface area contributed by atoms with E-state index < -0.39 is 0 Å². The lowest BCUT2D eigenvalue weighted by Gasteiger charge is -2.32. The van der Waals surface area contributed by atoms with Crippen molar-refractivity contribution in [2.24, 2.45) is 0 Å². The fourth-order valence-corrected chi connectivity index (χ4v) is 9.36. The molecule has 0 fully saturated rings. The maximum Gasteiger partial charge on any atom is 0.337 e. The van der Waals surface area contributed by atoms with Gasteiger partial charge in [0.25, 0.3) is 11.8 Å². The first-order valence-corrected chi connectivity index (χ1v) is 22.1. The molecule has 0 saturated heterocycles. The van der Waals surface area contributed by atoms with Gasteiger partial charge in [0.1, 0.15) is 5.00 Å². The Bertz CT molecular complexity index is 2280. The zero-order valence-electron chi connectivity index (χ0n) is 36.1. The van der Waals surface area contributed by atoms with Crippen LogP contribution in [0.3, 0.4) is 0 Å². The molecule has 11 heteroatoms. The first-order valence-electron chi connectivity index (χ1n) is 21.3. The fourth-order valence-electron chi connectivity index (χ4n) is 8.08. The summed E-state index contributed by atoms with van der Waals surface area (Å²) in [4.78, 5) is 57.8. The van der Waals surface area contributed by atoms with Gasteiger partial charge in [-0.3, -0.25) is 14.5 Å². The SMILES string of the molecule is CCC(CC)N(CCN(C)Cc1cccc(C(=O)OC)c1)Cc1cccc(C(=O)Nc2sc3c(c2C(=O)Nc2ccc(CCc4ccc(C(=O)OC)cc4)cc2)CCCC3)c1. The molecule has 1 aliphatic carbocycles. The number of carbonyl (C=O) groups is 4. The molecule has 5 aromatic rings. The van der Waals surface area contributed by atoms with E-state index in [0.29, 0.717) is 52.1 Å². The number of fused-ring (bicyclic) bond motifs is 1. The number of nitrogens with one attached hydrogen (secondary N) is 2. The second kappa shape index (κ2) is 21.8. The minimum Gasteiger partial charge on any atom is -0.465 e. The summed E-state index contributed by atoms with van der Waals surface area (Å²) < 4.78 is 9.70. The number of hydrogen-bond donors (Lipinski definition) is 2. The molecule has 1 aliphatic rings. The molecular weight excluding hydrogens is 785 g/mol. The van der Waals surface area contributed by atoms with Crippen molar-refractivity contribution in [3.05, 3.63) is 152 Å². The monoisotopic (exact) mass is 842 g/mol. The molecule has 0 spiro atoms. The third kappa shape index (κ3) is 12.0. The van der Waals surface area contributed by atoms with Crippen molar-refractivity contribution in [2.75, 3.05) is 45.0 Å². The van der Waals surface area contributed by atoms with Gasteiger partial charge >= 0.3 is 11.9 Å². The Morgan fingerprint density at radius 3 is 1.90 bits per heavy atom. The zero-order valence-corrected chi connectivity index (χ0v) is 36.9. The number of thiophene rings is 1. The number of aryl methyl sites for hydroxylation is 3. The van der Waals surface area contributed by atoms with E-state index in [9.17, 15) is 19.2 Å².